The molecular weight excluding hydrogens is 272 g/mol. The summed E-state index contributed by atoms with van der Waals surface area (Å²) in [6.45, 7) is 7.20. The Morgan fingerprint density at radius 3 is 2.65 bits per heavy atom. The van der Waals surface area contributed by atoms with Gasteiger partial charge in [-0.3, -0.25) is 10.2 Å². The molecule has 4 nitrogen and oxygen atoms in total. The lowest BCUT2D eigenvalue weighted by atomic mass is 9.82. The maximum atomic E-state index is 11.5. The molecule has 1 aromatic heterocycles. The summed E-state index contributed by atoms with van der Waals surface area (Å²) in [5.41, 5.74) is 3.27. The van der Waals surface area contributed by atoms with Gasteiger partial charge in [-0.2, -0.15) is 0 Å². The van der Waals surface area contributed by atoms with Crippen LogP contribution in [0, 0.1) is 18.8 Å². The Morgan fingerprint density at radius 2 is 2.05 bits per heavy atom. The number of ether oxygens (including phenoxy) is 1. The number of carbonyl (C=O) groups excluding carboxylic acids is 1. The van der Waals surface area contributed by atoms with E-state index in [4.69, 9.17) is 10.6 Å². The molecule has 1 fully saturated rings. The van der Waals surface area contributed by atoms with Gasteiger partial charge in [0, 0.05) is 4.88 Å². The molecular formula is C15H24N2O2S. The molecule has 20 heavy (non-hydrogen) atoms. The summed E-state index contributed by atoms with van der Waals surface area (Å²) in [6.07, 6.45) is 3.94. The number of hydrogen-bond donors (Lipinski definition) is 2. The number of hydrogen-bond acceptors (Lipinski definition) is 4. The Kier molecular flexibility index (Phi) is 5.18. The lowest BCUT2D eigenvalue weighted by Crippen LogP contribution is -2.29. The normalized spacial score (nSPS) is 26.5. The van der Waals surface area contributed by atoms with E-state index in [9.17, 15) is 4.79 Å². The van der Waals surface area contributed by atoms with Gasteiger partial charge in [0.05, 0.1) is 17.6 Å². The van der Waals surface area contributed by atoms with Crippen molar-refractivity contribution in [3.05, 3.63) is 21.4 Å². The van der Waals surface area contributed by atoms with Crippen LogP contribution < -0.4 is 11.3 Å². The summed E-state index contributed by atoms with van der Waals surface area (Å²) >= 11 is 1.46. The second-order valence-electron chi connectivity index (χ2n) is 6.02. The van der Waals surface area contributed by atoms with Crippen LogP contribution in [0.4, 0.5) is 0 Å². The van der Waals surface area contributed by atoms with Crippen LogP contribution in [-0.2, 0) is 11.3 Å². The average molecular weight is 296 g/mol. The third-order valence-electron chi connectivity index (χ3n) is 3.99. The van der Waals surface area contributed by atoms with Crippen molar-refractivity contribution in [2.75, 3.05) is 0 Å². The fourth-order valence-electron chi connectivity index (χ4n) is 3.06. The fourth-order valence-corrected chi connectivity index (χ4v) is 3.99. The van der Waals surface area contributed by atoms with E-state index in [2.05, 4.69) is 19.3 Å². The summed E-state index contributed by atoms with van der Waals surface area (Å²) < 4.78 is 6.06. The van der Waals surface area contributed by atoms with Gasteiger partial charge in [-0.05, 0) is 49.7 Å². The number of nitrogen functional groups attached to an aromatic ring is 1. The van der Waals surface area contributed by atoms with E-state index in [0.717, 1.165) is 35.1 Å². The Morgan fingerprint density at radius 1 is 1.40 bits per heavy atom. The number of nitrogens with two attached hydrogens (primary N) is 1. The molecule has 1 aliphatic carbocycles. The molecule has 0 aromatic carbocycles. The van der Waals surface area contributed by atoms with Crippen LogP contribution in [-0.4, -0.2) is 12.0 Å². The highest BCUT2D eigenvalue weighted by Gasteiger charge is 2.24. The standard InChI is InChI=1S/C15H24N2O2S/c1-9-4-10(2)6-13(5-9)19-8-12-7-14(15(18)17-16)20-11(12)3/h7,9-10,13H,4-6,8,16H2,1-3H3,(H,17,18). The van der Waals surface area contributed by atoms with Crippen LogP contribution in [0.5, 0.6) is 0 Å². The summed E-state index contributed by atoms with van der Waals surface area (Å²) in [7, 11) is 0. The number of nitrogens with one attached hydrogen (secondary N) is 1. The van der Waals surface area contributed by atoms with Crippen LogP contribution in [0.1, 0.15) is 53.2 Å². The molecule has 1 amide bonds. The van der Waals surface area contributed by atoms with Crippen molar-refractivity contribution in [2.24, 2.45) is 17.7 Å². The largest absolute Gasteiger partial charge is 0.373 e. The molecule has 1 saturated carbocycles. The number of rotatable bonds is 4. The third kappa shape index (κ3) is 3.81. The van der Waals surface area contributed by atoms with Crippen molar-refractivity contribution in [2.45, 2.75) is 52.7 Å². The lowest BCUT2D eigenvalue weighted by Gasteiger charge is -2.31. The van der Waals surface area contributed by atoms with Gasteiger partial charge in [0.2, 0.25) is 0 Å². The summed E-state index contributed by atoms with van der Waals surface area (Å²) in [6, 6.07) is 1.89. The molecule has 1 aliphatic rings. The molecule has 3 N–H and O–H groups in total. The summed E-state index contributed by atoms with van der Waals surface area (Å²) in [4.78, 5) is 13.3. The first-order chi connectivity index (χ1) is 9.49. The maximum absolute atomic E-state index is 11.5. The Bertz CT molecular complexity index is 462. The Balaban J connectivity index is 1.93. The van der Waals surface area contributed by atoms with Gasteiger partial charge in [0.25, 0.3) is 5.91 Å². The first-order valence-electron chi connectivity index (χ1n) is 7.21. The van der Waals surface area contributed by atoms with E-state index in [1.165, 1.54) is 17.8 Å². The third-order valence-corrected chi connectivity index (χ3v) is 5.08. The molecule has 2 atom stereocenters. The van der Waals surface area contributed by atoms with Crippen molar-refractivity contribution in [3.8, 4) is 0 Å². The number of carbonyl (C=O) groups is 1. The highest BCUT2D eigenvalue weighted by molar-refractivity contribution is 7.14. The maximum Gasteiger partial charge on any atom is 0.275 e. The van der Waals surface area contributed by atoms with Crippen molar-refractivity contribution in [3.63, 3.8) is 0 Å². The van der Waals surface area contributed by atoms with Crippen molar-refractivity contribution in [1.82, 2.24) is 5.43 Å². The molecule has 0 aliphatic heterocycles. The number of thiophene rings is 1. The zero-order valence-electron chi connectivity index (χ0n) is 12.4. The van der Waals surface area contributed by atoms with Gasteiger partial charge in [-0.1, -0.05) is 13.8 Å². The highest BCUT2D eigenvalue weighted by Crippen LogP contribution is 2.31. The van der Waals surface area contributed by atoms with E-state index < -0.39 is 0 Å². The molecule has 5 heteroatoms. The number of hydrazine groups is 1. The highest BCUT2D eigenvalue weighted by atomic mass is 32.1. The van der Waals surface area contributed by atoms with Crippen LogP contribution in [0.25, 0.3) is 0 Å². The molecule has 112 valence electrons. The fraction of sp³-hybridized carbons (Fsp3) is 0.667. The molecule has 2 unspecified atom stereocenters. The molecule has 0 spiro atoms. The first-order valence-corrected chi connectivity index (χ1v) is 8.03. The number of amides is 1. The smallest absolute Gasteiger partial charge is 0.275 e. The predicted octanol–water partition coefficient (Wildman–Crippen LogP) is 3.00. The topological polar surface area (TPSA) is 64.4 Å². The SMILES string of the molecule is Cc1sc(C(=O)NN)cc1COC1CC(C)CC(C)C1. The Labute approximate surface area is 124 Å². The summed E-state index contributed by atoms with van der Waals surface area (Å²) in [5.74, 6) is 6.41. The minimum absolute atomic E-state index is 0.232. The van der Waals surface area contributed by atoms with Crippen LogP contribution in [0.2, 0.25) is 0 Å². The lowest BCUT2D eigenvalue weighted by molar-refractivity contribution is -0.00919. The second-order valence-corrected chi connectivity index (χ2v) is 7.27. The predicted molar refractivity (Wildman–Crippen MR) is 81.5 cm³/mol. The average Bonchev–Trinajstić information content (AvgIpc) is 2.76. The Hall–Kier alpha value is -0.910. The van der Waals surface area contributed by atoms with Crippen molar-refractivity contribution in [1.29, 1.82) is 0 Å². The molecule has 1 aromatic rings. The van der Waals surface area contributed by atoms with Crippen molar-refractivity contribution >= 4 is 17.2 Å². The van der Waals surface area contributed by atoms with E-state index in [0.29, 0.717) is 17.6 Å². The molecule has 2 rings (SSSR count). The minimum atomic E-state index is -0.232. The van der Waals surface area contributed by atoms with Crippen molar-refractivity contribution < 1.29 is 9.53 Å². The van der Waals surface area contributed by atoms with Gasteiger partial charge in [-0.25, -0.2) is 5.84 Å². The second kappa shape index (κ2) is 6.70. The summed E-state index contributed by atoms with van der Waals surface area (Å²) in [5, 5.41) is 0. The number of aryl methyl sites for hydroxylation is 1. The molecule has 0 radical (unpaired) electrons. The molecule has 0 bridgehead atoms. The van der Waals surface area contributed by atoms with Gasteiger partial charge in [0.1, 0.15) is 0 Å². The van der Waals surface area contributed by atoms with Crippen LogP contribution >= 0.6 is 11.3 Å². The quantitative estimate of drug-likeness (QED) is 0.510. The van der Waals surface area contributed by atoms with Gasteiger partial charge < -0.3 is 4.74 Å². The van der Waals surface area contributed by atoms with E-state index in [1.54, 1.807) is 0 Å². The first kappa shape index (κ1) is 15.5. The molecule has 0 saturated heterocycles. The van der Waals surface area contributed by atoms with Gasteiger partial charge >= 0.3 is 0 Å². The zero-order valence-corrected chi connectivity index (χ0v) is 13.3. The van der Waals surface area contributed by atoms with Crippen LogP contribution in [0.15, 0.2) is 6.07 Å². The van der Waals surface area contributed by atoms with Crippen LogP contribution in [0.3, 0.4) is 0 Å². The van der Waals surface area contributed by atoms with Gasteiger partial charge in [0.15, 0.2) is 0 Å². The van der Waals surface area contributed by atoms with Gasteiger partial charge in [-0.15, -0.1) is 11.3 Å². The minimum Gasteiger partial charge on any atom is -0.373 e. The monoisotopic (exact) mass is 296 g/mol. The zero-order chi connectivity index (χ0) is 14.7. The van der Waals surface area contributed by atoms with E-state index >= 15 is 0 Å². The molecule has 1 heterocycles. The van der Waals surface area contributed by atoms with E-state index in [-0.39, 0.29) is 5.91 Å². The van der Waals surface area contributed by atoms with E-state index in [1.807, 2.05) is 13.0 Å².